The standard InChI is InChI=1S/C13H18N2O3S/c1-18-11-8-9(15-4-6-19-7-5-15)2-3-10(11)12(14)13(16)17/h2-3,8,12H,4-7,14H2,1H3,(H,16,17). The van der Waals surface area contributed by atoms with E-state index < -0.39 is 12.0 Å². The molecule has 1 aromatic carbocycles. The zero-order valence-electron chi connectivity index (χ0n) is 10.8. The van der Waals surface area contributed by atoms with Crippen molar-refractivity contribution >= 4 is 23.4 Å². The zero-order valence-corrected chi connectivity index (χ0v) is 11.7. The van der Waals surface area contributed by atoms with E-state index in [4.69, 9.17) is 15.6 Å². The average Bonchev–Trinajstić information content (AvgIpc) is 2.46. The lowest BCUT2D eigenvalue weighted by Gasteiger charge is -2.29. The fraction of sp³-hybridized carbons (Fsp3) is 0.462. The van der Waals surface area contributed by atoms with E-state index in [0.29, 0.717) is 11.3 Å². The Morgan fingerprint density at radius 1 is 1.47 bits per heavy atom. The van der Waals surface area contributed by atoms with Crippen molar-refractivity contribution in [2.45, 2.75) is 6.04 Å². The van der Waals surface area contributed by atoms with Crippen LogP contribution in [0, 0.1) is 0 Å². The van der Waals surface area contributed by atoms with Crippen molar-refractivity contribution in [3.63, 3.8) is 0 Å². The molecule has 0 aliphatic carbocycles. The number of hydrogen-bond acceptors (Lipinski definition) is 5. The molecule has 1 atom stereocenters. The molecule has 6 heteroatoms. The molecule has 0 spiro atoms. The molecule has 1 aliphatic heterocycles. The third kappa shape index (κ3) is 3.13. The van der Waals surface area contributed by atoms with E-state index >= 15 is 0 Å². The molecule has 1 heterocycles. The number of carboxylic acid groups (broad SMARTS) is 1. The third-order valence-electron chi connectivity index (χ3n) is 3.19. The molecule has 1 aliphatic rings. The molecule has 1 aromatic rings. The number of nitrogens with zero attached hydrogens (tertiary/aromatic N) is 1. The van der Waals surface area contributed by atoms with Crippen LogP contribution in [0.4, 0.5) is 5.69 Å². The van der Waals surface area contributed by atoms with Crippen LogP contribution in [0.15, 0.2) is 18.2 Å². The molecule has 5 nitrogen and oxygen atoms in total. The minimum atomic E-state index is -1.06. The molecule has 0 bridgehead atoms. The number of benzene rings is 1. The van der Waals surface area contributed by atoms with Crippen LogP contribution in [-0.2, 0) is 4.79 Å². The number of methoxy groups -OCH3 is 1. The highest BCUT2D eigenvalue weighted by Crippen LogP contribution is 2.30. The second kappa shape index (κ2) is 6.16. The minimum absolute atomic E-state index is 0.505. The lowest BCUT2D eigenvalue weighted by Crippen LogP contribution is -2.32. The third-order valence-corrected chi connectivity index (χ3v) is 4.14. The normalized spacial score (nSPS) is 17.1. The summed E-state index contributed by atoms with van der Waals surface area (Å²) < 4.78 is 5.27. The Bertz CT molecular complexity index is 461. The number of aliphatic carboxylic acids is 1. The summed E-state index contributed by atoms with van der Waals surface area (Å²) in [5, 5.41) is 8.98. The van der Waals surface area contributed by atoms with Crippen LogP contribution in [0.2, 0.25) is 0 Å². The summed E-state index contributed by atoms with van der Waals surface area (Å²) in [6.45, 7) is 2.00. The van der Waals surface area contributed by atoms with Crippen molar-refractivity contribution in [1.82, 2.24) is 0 Å². The Labute approximate surface area is 116 Å². The lowest BCUT2D eigenvalue weighted by atomic mass is 10.1. The van der Waals surface area contributed by atoms with Crippen LogP contribution in [0.25, 0.3) is 0 Å². The molecule has 1 unspecified atom stereocenters. The van der Waals surface area contributed by atoms with Gasteiger partial charge in [-0.15, -0.1) is 0 Å². The Morgan fingerprint density at radius 2 is 2.16 bits per heavy atom. The number of ether oxygens (including phenoxy) is 1. The number of carbonyl (C=O) groups is 1. The van der Waals surface area contributed by atoms with Gasteiger partial charge in [0, 0.05) is 41.9 Å². The average molecular weight is 282 g/mol. The van der Waals surface area contributed by atoms with Gasteiger partial charge in [0.2, 0.25) is 0 Å². The summed E-state index contributed by atoms with van der Waals surface area (Å²) in [6.07, 6.45) is 0. The second-order valence-corrected chi connectivity index (χ2v) is 5.57. The van der Waals surface area contributed by atoms with E-state index in [-0.39, 0.29) is 0 Å². The van der Waals surface area contributed by atoms with Gasteiger partial charge in [-0.05, 0) is 6.07 Å². The van der Waals surface area contributed by atoms with Crippen LogP contribution in [-0.4, -0.2) is 42.8 Å². The van der Waals surface area contributed by atoms with Crippen LogP contribution in [0.5, 0.6) is 5.75 Å². The van der Waals surface area contributed by atoms with Crippen molar-refractivity contribution in [3.8, 4) is 5.75 Å². The molecule has 0 amide bonds. The van der Waals surface area contributed by atoms with E-state index in [0.717, 1.165) is 30.3 Å². The fourth-order valence-corrected chi connectivity index (χ4v) is 3.01. The van der Waals surface area contributed by atoms with E-state index in [1.54, 1.807) is 6.07 Å². The highest BCUT2D eigenvalue weighted by molar-refractivity contribution is 7.99. The molecule has 19 heavy (non-hydrogen) atoms. The Balaban J connectivity index is 2.27. The van der Waals surface area contributed by atoms with E-state index in [2.05, 4.69) is 4.90 Å². The largest absolute Gasteiger partial charge is 0.496 e. The highest BCUT2D eigenvalue weighted by Gasteiger charge is 2.20. The van der Waals surface area contributed by atoms with Crippen molar-refractivity contribution in [1.29, 1.82) is 0 Å². The van der Waals surface area contributed by atoms with Gasteiger partial charge in [-0.3, -0.25) is 4.79 Å². The number of rotatable bonds is 4. The van der Waals surface area contributed by atoms with E-state index in [9.17, 15) is 4.79 Å². The first-order chi connectivity index (χ1) is 9.13. The van der Waals surface area contributed by atoms with Crippen LogP contribution in [0.3, 0.4) is 0 Å². The van der Waals surface area contributed by atoms with Crippen molar-refractivity contribution in [3.05, 3.63) is 23.8 Å². The van der Waals surface area contributed by atoms with Gasteiger partial charge in [0.25, 0.3) is 0 Å². The van der Waals surface area contributed by atoms with Gasteiger partial charge in [-0.25, -0.2) is 0 Å². The summed E-state index contributed by atoms with van der Waals surface area (Å²) in [7, 11) is 1.53. The molecule has 2 rings (SSSR count). The summed E-state index contributed by atoms with van der Waals surface area (Å²) >= 11 is 1.94. The van der Waals surface area contributed by atoms with Crippen molar-refractivity contribution < 1.29 is 14.6 Å². The summed E-state index contributed by atoms with van der Waals surface area (Å²) in [5.74, 6) is 1.70. The predicted molar refractivity (Wildman–Crippen MR) is 77.1 cm³/mol. The molecular formula is C13H18N2O3S. The van der Waals surface area contributed by atoms with Gasteiger partial charge in [0.15, 0.2) is 0 Å². The lowest BCUT2D eigenvalue weighted by molar-refractivity contribution is -0.138. The predicted octanol–water partition coefficient (Wildman–Crippen LogP) is 1.33. The van der Waals surface area contributed by atoms with Crippen LogP contribution >= 0.6 is 11.8 Å². The van der Waals surface area contributed by atoms with Gasteiger partial charge in [-0.2, -0.15) is 11.8 Å². The molecule has 0 aromatic heterocycles. The highest BCUT2D eigenvalue weighted by atomic mass is 32.2. The number of carboxylic acids is 1. The van der Waals surface area contributed by atoms with Gasteiger partial charge in [-0.1, -0.05) is 6.07 Å². The number of nitrogens with two attached hydrogens (primary N) is 1. The fourth-order valence-electron chi connectivity index (χ4n) is 2.11. The van der Waals surface area contributed by atoms with Crippen LogP contribution < -0.4 is 15.4 Å². The first-order valence-electron chi connectivity index (χ1n) is 6.12. The number of thioether (sulfide) groups is 1. The molecule has 0 radical (unpaired) electrons. The van der Waals surface area contributed by atoms with Gasteiger partial charge in [0.1, 0.15) is 11.8 Å². The quantitative estimate of drug-likeness (QED) is 0.868. The summed E-state index contributed by atoms with van der Waals surface area (Å²) in [5.41, 5.74) is 7.21. The van der Waals surface area contributed by atoms with Gasteiger partial charge in [0.05, 0.1) is 7.11 Å². The first-order valence-corrected chi connectivity index (χ1v) is 7.28. The van der Waals surface area contributed by atoms with Gasteiger partial charge < -0.3 is 20.5 Å². The summed E-state index contributed by atoms with van der Waals surface area (Å²) in [4.78, 5) is 13.2. The molecule has 3 N–H and O–H groups in total. The minimum Gasteiger partial charge on any atom is -0.496 e. The van der Waals surface area contributed by atoms with Gasteiger partial charge >= 0.3 is 5.97 Å². The maximum Gasteiger partial charge on any atom is 0.325 e. The van der Waals surface area contributed by atoms with Crippen molar-refractivity contribution in [2.24, 2.45) is 5.73 Å². The smallest absolute Gasteiger partial charge is 0.325 e. The maximum absolute atomic E-state index is 11.0. The summed E-state index contributed by atoms with van der Waals surface area (Å²) in [6, 6.07) is 4.47. The Hall–Kier alpha value is -1.40. The van der Waals surface area contributed by atoms with Crippen LogP contribution in [0.1, 0.15) is 11.6 Å². The SMILES string of the molecule is COc1cc(N2CCSCC2)ccc1C(N)C(=O)O. The number of anilines is 1. The molecule has 0 saturated carbocycles. The molecular weight excluding hydrogens is 264 g/mol. The van der Waals surface area contributed by atoms with Crippen molar-refractivity contribution in [2.75, 3.05) is 36.6 Å². The Kier molecular flexibility index (Phi) is 4.55. The van der Waals surface area contributed by atoms with E-state index in [1.165, 1.54) is 7.11 Å². The first kappa shape index (κ1) is 14.0. The topological polar surface area (TPSA) is 75.8 Å². The number of hydrogen-bond donors (Lipinski definition) is 2. The molecule has 1 saturated heterocycles. The Morgan fingerprint density at radius 3 is 2.74 bits per heavy atom. The zero-order chi connectivity index (χ0) is 13.8. The van der Waals surface area contributed by atoms with E-state index in [1.807, 2.05) is 23.9 Å². The monoisotopic (exact) mass is 282 g/mol. The molecule has 1 fully saturated rings. The maximum atomic E-state index is 11.0. The molecule has 104 valence electrons. The second-order valence-electron chi connectivity index (χ2n) is 4.34.